The first-order valence-corrected chi connectivity index (χ1v) is 6.20. The number of furan rings is 1. The summed E-state index contributed by atoms with van der Waals surface area (Å²) < 4.78 is 19.5. The van der Waals surface area contributed by atoms with Crippen LogP contribution in [0.1, 0.15) is 18.7 Å². The average Bonchev–Trinajstić information content (AvgIpc) is 2.70. The second-order valence-electron chi connectivity index (χ2n) is 3.63. The molecular formula is C12H10BrClFNO. The summed E-state index contributed by atoms with van der Waals surface area (Å²) in [6, 6.07) is 7.86. The Morgan fingerprint density at radius 3 is 2.76 bits per heavy atom. The fraction of sp³-hybridized carbons (Fsp3) is 0.167. The van der Waals surface area contributed by atoms with Crippen LogP contribution in [0.15, 0.2) is 39.4 Å². The van der Waals surface area contributed by atoms with E-state index in [1.165, 1.54) is 12.1 Å². The van der Waals surface area contributed by atoms with Crippen molar-refractivity contribution >= 4 is 33.2 Å². The van der Waals surface area contributed by atoms with Crippen LogP contribution >= 0.6 is 27.5 Å². The van der Waals surface area contributed by atoms with Gasteiger partial charge in [-0.15, -0.1) is 0 Å². The molecule has 1 N–H and O–H groups in total. The zero-order chi connectivity index (χ0) is 12.4. The van der Waals surface area contributed by atoms with Gasteiger partial charge in [0.2, 0.25) is 0 Å². The number of benzene rings is 1. The van der Waals surface area contributed by atoms with Crippen LogP contribution in [0.25, 0.3) is 0 Å². The molecule has 0 radical (unpaired) electrons. The molecule has 2 nitrogen and oxygen atoms in total. The Morgan fingerprint density at radius 2 is 2.12 bits per heavy atom. The van der Waals surface area contributed by atoms with E-state index in [1.807, 2.05) is 13.0 Å². The van der Waals surface area contributed by atoms with Crippen LogP contribution in [-0.4, -0.2) is 0 Å². The zero-order valence-electron chi connectivity index (χ0n) is 9.01. The van der Waals surface area contributed by atoms with Crippen LogP contribution in [0.2, 0.25) is 5.02 Å². The topological polar surface area (TPSA) is 25.2 Å². The van der Waals surface area contributed by atoms with E-state index in [0.717, 1.165) is 5.76 Å². The lowest BCUT2D eigenvalue weighted by Gasteiger charge is -2.13. The van der Waals surface area contributed by atoms with E-state index in [9.17, 15) is 4.39 Å². The van der Waals surface area contributed by atoms with Gasteiger partial charge < -0.3 is 9.73 Å². The zero-order valence-corrected chi connectivity index (χ0v) is 11.3. The number of hydrogen-bond donors (Lipinski definition) is 1. The lowest BCUT2D eigenvalue weighted by atomic mass is 10.2. The van der Waals surface area contributed by atoms with E-state index in [1.54, 1.807) is 12.1 Å². The van der Waals surface area contributed by atoms with Gasteiger partial charge >= 0.3 is 0 Å². The predicted octanol–water partition coefficient (Wildman–Crippen LogP) is 5.01. The Hall–Kier alpha value is -1.000. The molecule has 1 unspecified atom stereocenters. The van der Waals surface area contributed by atoms with Crippen molar-refractivity contribution in [2.24, 2.45) is 0 Å². The Kier molecular flexibility index (Phi) is 3.74. The van der Waals surface area contributed by atoms with Crippen LogP contribution in [0.4, 0.5) is 10.1 Å². The van der Waals surface area contributed by atoms with Gasteiger partial charge in [-0.25, -0.2) is 4.39 Å². The molecule has 17 heavy (non-hydrogen) atoms. The van der Waals surface area contributed by atoms with Crippen LogP contribution in [0, 0.1) is 5.82 Å². The third-order valence-corrected chi connectivity index (χ3v) is 2.98. The number of anilines is 1. The van der Waals surface area contributed by atoms with Crippen molar-refractivity contribution in [1.29, 1.82) is 0 Å². The Balaban J connectivity index is 2.18. The second-order valence-corrected chi connectivity index (χ2v) is 4.85. The molecule has 0 aliphatic carbocycles. The van der Waals surface area contributed by atoms with Gasteiger partial charge in [0.15, 0.2) is 4.67 Å². The van der Waals surface area contributed by atoms with Crippen LogP contribution in [0.5, 0.6) is 0 Å². The van der Waals surface area contributed by atoms with Crippen molar-refractivity contribution in [2.75, 3.05) is 5.32 Å². The molecule has 1 heterocycles. The highest BCUT2D eigenvalue weighted by Gasteiger charge is 2.12. The predicted molar refractivity (Wildman–Crippen MR) is 69.9 cm³/mol. The molecule has 90 valence electrons. The number of rotatable bonds is 3. The highest BCUT2D eigenvalue weighted by molar-refractivity contribution is 9.10. The lowest BCUT2D eigenvalue weighted by molar-refractivity contribution is 0.470. The molecule has 0 saturated carbocycles. The molecule has 0 spiro atoms. The standard InChI is InChI=1S/C12H10BrClFNO/c1-7(11-4-5-12(13)17-11)16-10-6-8(14)2-3-9(10)15/h2-7,16H,1H3. The van der Waals surface area contributed by atoms with E-state index in [0.29, 0.717) is 15.4 Å². The number of halogens is 3. The fourth-order valence-corrected chi connectivity index (χ4v) is 1.96. The second kappa shape index (κ2) is 5.10. The summed E-state index contributed by atoms with van der Waals surface area (Å²) in [7, 11) is 0. The molecule has 0 aliphatic rings. The molecule has 0 bridgehead atoms. The van der Waals surface area contributed by atoms with Crippen molar-refractivity contribution in [1.82, 2.24) is 0 Å². The minimum Gasteiger partial charge on any atom is -0.452 e. The van der Waals surface area contributed by atoms with Gasteiger partial charge in [0.1, 0.15) is 11.6 Å². The van der Waals surface area contributed by atoms with Gasteiger partial charge in [-0.1, -0.05) is 11.6 Å². The third-order valence-electron chi connectivity index (χ3n) is 2.32. The van der Waals surface area contributed by atoms with E-state index in [-0.39, 0.29) is 11.9 Å². The maximum absolute atomic E-state index is 13.5. The molecule has 0 amide bonds. The van der Waals surface area contributed by atoms with Gasteiger partial charge in [0, 0.05) is 5.02 Å². The maximum atomic E-state index is 13.5. The Morgan fingerprint density at radius 1 is 1.35 bits per heavy atom. The van der Waals surface area contributed by atoms with E-state index >= 15 is 0 Å². The van der Waals surface area contributed by atoms with Gasteiger partial charge in [-0.2, -0.15) is 0 Å². The third kappa shape index (κ3) is 3.01. The quantitative estimate of drug-likeness (QED) is 0.860. The summed E-state index contributed by atoms with van der Waals surface area (Å²) in [4.78, 5) is 0. The summed E-state index contributed by atoms with van der Waals surface area (Å²) in [6.07, 6.45) is 0. The summed E-state index contributed by atoms with van der Waals surface area (Å²) in [6.45, 7) is 1.88. The largest absolute Gasteiger partial charge is 0.452 e. The van der Waals surface area contributed by atoms with Crippen LogP contribution < -0.4 is 5.32 Å². The number of nitrogens with one attached hydrogen (secondary N) is 1. The van der Waals surface area contributed by atoms with E-state index in [2.05, 4.69) is 21.2 Å². The van der Waals surface area contributed by atoms with Gasteiger partial charge in [-0.05, 0) is 53.2 Å². The van der Waals surface area contributed by atoms with Crippen molar-refractivity contribution < 1.29 is 8.81 Å². The van der Waals surface area contributed by atoms with Crippen molar-refractivity contribution in [2.45, 2.75) is 13.0 Å². The monoisotopic (exact) mass is 317 g/mol. The SMILES string of the molecule is CC(Nc1cc(Cl)ccc1F)c1ccc(Br)o1. The number of hydrogen-bond acceptors (Lipinski definition) is 2. The van der Waals surface area contributed by atoms with Gasteiger partial charge in [0.05, 0.1) is 11.7 Å². The smallest absolute Gasteiger partial charge is 0.169 e. The van der Waals surface area contributed by atoms with Gasteiger partial charge in [-0.3, -0.25) is 0 Å². The molecule has 1 aromatic carbocycles. The van der Waals surface area contributed by atoms with Crippen molar-refractivity contribution in [3.63, 3.8) is 0 Å². The molecule has 0 saturated heterocycles. The minimum absolute atomic E-state index is 0.144. The van der Waals surface area contributed by atoms with E-state index < -0.39 is 0 Å². The van der Waals surface area contributed by atoms with Crippen molar-refractivity contribution in [3.8, 4) is 0 Å². The maximum Gasteiger partial charge on any atom is 0.169 e. The molecule has 5 heteroatoms. The summed E-state index contributed by atoms with van der Waals surface area (Å²) in [5.74, 6) is 0.378. The molecule has 0 fully saturated rings. The molecule has 1 aromatic heterocycles. The highest BCUT2D eigenvalue weighted by atomic mass is 79.9. The molecule has 2 rings (SSSR count). The first kappa shape index (κ1) is 12.5. The molecule has 0 aliphatic heterocycles. The molecular weight excluding hydrogens is 308 g/mol. The lowest BCUT2D eigenvalue weighted by Crippen LogP contribution is -2.06. The average molecular weight is 319 g/mol. The summed E-state index contributed by atoms with van der Waals surface area (Å²) >= 11 is 9.04. The van der Waals surface area contributed by atoms with Gasteiger partial charge in [0.25, 0.3) is 0 Å². The highest BCUT2D eigenvalue weighted by Crippen LogP contribution is 2.26. The van der Waals surface area contributed by atoms with Crippen LogP contribution in [-0.2, 0) is 0 Å². The fourth-order valence-electron chi connectivity index (χ4n) is 1.47. The molecule has 2 aromatic rings. The van der Waals surface area contributed by atoms with Crippen LogP contribution in [0.3, 0.4) is 0 Å². The van der Waals surface area contributed by atoms with Crippen molar-refractivity contribution in [3.05, 3.63) is 51.6 Å². The Labute approximate surface area is 112 Å². The molecule has 1 atom stereocenters. The van der Waals surface area contributed by atoms with E-state index in [4.69, 9.17) is 16.0 Å². The first-order chi connectivity index (χ1) is 8.06. The summed E-state index contributed by atoms with van der Waals surface area (Å²) in [5, 5.41) is 3.49. The minimum atomic E-state index is -0.341. The normalized spacial score (nSPS) is 12.5. The summed E-state index contributed by atoms with van der Waals surface area (Å²) in [5.41, 5.74) is 0.359. The first-order valence-electron chi connectivity index (χ1n) is 5.03. The Bertz CT molecular complexity index is 529.